The lowest BCUT2D eigenvalue weighted by molar-refractivity contribution is 0.311. The van der Waals surface area contributed by atoms with Gasteiger partial charge in [-0.2, -0.15) is 0 Å². The number of hydrogen-bond donors (Lipinski definition) is 2. The van der Waals surface area contributed by atoms with Gasteiger partial charge in [-0.25, -0.2) is 9.38 Å². The van der Waals surface area contributed by atoms with E-state index in [-0.39, 0.29) is 5.82 Å². The van der Waals surface area contributed by atoms with Gasteiger partial charge in [0.2, 0.25) is 0 Å². The highest BCUT2D eigenvalue weighted by Crippen LogP contribution is 2.30. The molecule has 0 spiro atoms. The molecule has 0 unspecified atom stereocenters. The average Bonchev–Trinajstić information content (AvgIpc) is 2.60. The van der Waals surface area contributed by atoms with E-state index in [9.17, 15) is 4.39 Å². The van der Waals surface area contributed by atoms with Crippen molar-refractivity contribution in [2.24, 2.45) is 4.99 Å². The van der Waals surface area contributed by atoms with Gasteiger partial charge in [-0.15, -0.1) is 0 Å². The monoisotopic (exact) mass is 345 g/mol. The fourth-order valence-electron chi connectivity index (χ4n) is 2.27. The van der Waals surface area contributed by atoms with E-state index in [1.54, 1.807) is 13.2 Å². The smallest absolute Gasteiger partial charge is 0.196 e. The van der Waals surface area contributed by atoms with Gasteiger partial charge in [0.05, 0.1) is 20.3 Å². The molecule has 6 heteroatoms. The Kier molecular flexibility index (Phi) is 7.07. The lowest BCUT2D eigenvalue weighted by Crippen LogP contribution is -2.30. The third-order valence-corrected chi connectivity index (χ3v) is 3.38. The first-order valence-electron chi connectivity index (χ1n) is 8.26. The zero-order chi connectivity index (χ0) is 18.1. The summed E-state index contributed by atoms with van der Waals surface area (Å²) in [6, 6.07) is 12.0. The maximum absolute atomic E-state index is 13.3. The summed E-state index contributed by atoms with van der Waals surface area (Å²) < 4.78 is 24.1. The van der Waals surface area contributed by atoms with Crippen LogP contribution in [0.25, 0.3) is 0 Å². The molecule has 25 heavy (non-hydrogen) atoms. The molecule has 2 rings (SSSR count). The molecule has 0 aliphatic rings. The predicted octanol–water partition coefficient (Wildman–Crippen LogP) is 3.81. The Morgan fingerprint density at radius 2 is 1.96 bits per heavy atom. The molecular formula is C19H24FN3O2. The van der Waals surface area contributed by atoms with E-state index < -0.39 is 0 Å². The second kappa shape index (κ2) is 9.52. The van der Waals surface area contributed by atoms with Crippen molar-refractivity contribution in [3.05, 3.63) is 53.8 Å². The van der Waals surface area contributed by atoms with Crippen LogP contribution in [0.4, 0.5) is 10.1 Å². The molecule has 0 atom stereocenters. The first-order chi connectivity index (χ1) is 12.2. The van der Waals surface area contributed by atoms with Crippen molar-refractivity contribution in [1.82, 2.24) is 5.32 Å². The van der Waals surface area contributed by atoms with Crippen LogP contribution in [0.15, 0.2) is 47.5 Å². The van der Waals surface area contributed by atoms with Crippen molar-refractivity contribution in [1.29, 1.82) is 0 Å². The first kappa shape index (κ1) is 18.6. The molecule has 2 aromatic rings. The Labute approximate surface area is 147 Å². The number of anilines is 1. The van der Waals surface area contributed by atoms with Crippen LogP contribution < -0.4 is 20.1 Å². The van der Waals surface area contributed by atoms with Gasteiger partial charge < -0.3 is 20.1 Å². The normalized spacial score (nSPS) is 11.1. The number of nitrogens with one attached hydrogen (secondary N) is 2. The van der Waals surface area contributed by atoms with E-state index in [4.69, 9.17) is 9.47 Å². The molecule has 0 aliphatic heterocycles. The molecule has 0 saturated heterocycles. The summed E-state index contributed by atoms with van der Waals surface area (Å²) in [6.07, 6.45) is 0. The van der Waals surface area contributed by atoms with Crippen LogP contribution in [0, 0.1) is 5.82 Å². The molecule has 0 aliphatic carbocycles. The van der Waals surface area contributed by atoms with E-state index in [1.807, 2.05) is 38.1 Å². The zero-order valence-electron chi connectivity index (χ0n) is 14.8. The van der Waals surface area contributed by atoms with Crippen molar-refractivity contribution in [3.63, 3.8) is 0 Å². The largest absolute Gasteiger partial charge is 0.493 e. The Hall–Kier alpha value is -2.76. The van der Waals surface area contributed by atoms with E-state index >= 15 is 0 Å². The van der Waals surface area contributed by atoms with Gasteiger partial charge in [-0.3, -0.25) is 0 Å². The molecule has 0 saturated carbocycles. The lowest BCUT2D eigenvalue weighted by Gasteiger charge is -2.14. The second-order valence-electron chi connectivity index (χ2n) is 5.25. The van der Waals surface area contributed by atoms with Crippen molar-refractivity contribution in [2.75, 3.05) is 25.6 Å². The summed E-state index contributed by atoms with van der Waals surface area (Å²) in [5.41, 5.74) is 1.63. The van der Waals surface area contributed by atoms with Gasteiger partial charge in [-0.05, 0) is 43.7 Å². The Morgan fingerprint density at radius 3 is 2.64 bits per heavy atom. The fraction of sp³-hybridized carbons (Fsp3) is 0.316. The predicted molar refractivity (Wildman–Crippen MR) is 99.0 cm³/mol. The van der Waals surface area contributed by atoms with Crippen LogP contribution in [-0.4, -0.2) is 26.2 Å². The molecule has 5 nitrogen and oxygen atoms in total. The number of nitrogens with zero attached hydrogens (tertiary/aromatic N) is 1. The summed E-state index contributed by atoms with van der Waals surface area (Å²) in [4.78, 5) is 4.49. The maximum atomic E-state index is 13.3. The first-order valence-corrected chi connectivity index (χ1v) is 8.26. The summed E-state index contributed by atoms with van der Waals surface area (Å²) in [7, 11) is 1.61. The van der Waals surface area contributed by atoms with Crippen LogP contribution >= 0.6 is 0 Å². The second-order valence-corrected chi connectivity index (χ2v) is 5.25. The van der Waals surface area contributed by atoms with Gasteiger partial charge >= 0.3 is 0 Å². The summed E-state index contributed by atoms with van der Waals surface area (Å²) in [6.45, 7) is 5.54. The zero-order valence-corrected chi connectivity index (χ0v) is 14.8. The number of hydrogen-bond acceptors (Lipinski definition) is 3. The number of guanidine groups is 1. The van der Waals surface area contributed by atoms with E-state index in [2.05, 4.69) is 15.6 Å². The van der Waals surface area contributed by atoms with Crippen molar-refractivity contribution in [3.8, 4) is 11.5 Å². The van der Waals surface area contributed by atoms with Crippen molar-refractivity contribution in [2.45, 2.75) is 20.4 Å². The van der Waals surface area contributed by atoms with E-state index in [1.165, 1.54) is 12.1 Å². The molecule has 0 bridgehead atoms. The lowest BCUT2D eigenvalue weighted by atomic mass is 10.2. The van der Waals surface area contributed by atoms with E-state index in [0.717, 1.165) is 11.3 Å². The number of methoxy groups -OCH3 is 1. The third kappa shape index (κ3) is 5.67. The Morgan fingerprint density at radius 1 is 1.12 bits per heavy atom. The van der Waals surface area contributed by atoms with Gasteiger partial charge in [0.25, 0.3) is 0 Å². The number of benzene rings is 2. The van der Waals surface area contributed by atoms with Crippen molar-refractivity contribution >= 4 is 11.6 Å². The third-order valence-electron chi connectivity index (χ3n) is 3.38. The molecular weight excluding hydrogens is 321 g/mol. The number of rotatable bonds is 7. The quantitative estimate of drug-likeness (QED) is 0.592. The standard InChI is InChI=1S/C19H24FN3O2/c1-4-21-19(22-13-14-7-6-8-15(20)11-14)23-16-9-10-17(24-3)18(12-16)25-5-2/h6-12H,4-5,13H2,1-3H3,(H2,21,22,23). The number of aliphatic imine (C=N–C) groups is 1. The van der Waals surface area contributed by atoms with Crippen LogP contribution in [0.5, 0.6) is 11.5 Å². The van der Waals surface area contributed by atoms with Crippen LogP contribution in [-0.2, 0) is 6.54 Å². The maximum Gasteiger partial charge on any atom is 0.196 e. The van der Waals surface area contributed by atoms with Gasteiger partial charge in [0.1, 0.15) is 5.82 Å². The van der Waals surface area contributed by atoms with Crippen LogP contribution in [0.2, 0.25) is 0 Å². The molecule has 0 radical (unpaired) electrons. The molecule has 2 N–H and O–H groups in total. The average molecular weight is 345 g/mol. The molecule has 0 fully saturated rings. The Bertz CT molecular complexity index is 720. The fourth-order valence-corrected chi connectivity index (χ4v) is 2.27. The number of ether oxygens (including phenoxy) is 2. The molecule has 0 heterocycles. The highest BCUT2D eigenvalue weighted by Gasteiger charge is 2.07. The molecule has 2 aromatic carbocycles. The number of halogens is 1. The minimum atomic E-state index is -0.262. The van der Waals surface area contributed by atoms with Gasteiger partial charge in [0, 0.05) is 18.3 Å². The van der Waals surface area contributed by atoms with Gasteiger partial charge in [0.15, 0.2) is 17.5 Å². The minimum absolute atomic E-state index is 0.262. The highest BCUT2D eigenvalue weighted by atomic mass is 19.1. The van der Waals surface area contributed by atoms with Crippen LogP contribution in [0.1, 0.15) is 19.4 Å². The molecule has 0 aromatic heterocycles. The minimum Gasteiger partial charge on any atom is -0.493 e. The van der Waals surface area contributed by atoms with Crippen molar-refractivity contribution < 1.29 is 13.9 Å². The van der Waals surface area contributed by atoms with E-state index in [0.29, 0.717) is 37.2 Å². The van der Waals surface area contributed by atoms with Crippen LogP contribution in [0.3, 0.4) is 0 Å². The molecule has 0 amide bonds. The van der Waals surface area contributed by atoms with Gasteiger partial charge in [-0.1, -0.05) is 12.1 Å². The SMILES string of the molecule is CCNC(=NCc1cccc(F)c1)Nc1ccc(OC)c(OCC)c1. The Balaban J connectivity index is 2.15. The summed E-state index contributed by atoms with van der Waals surface area (Å²) in [5, 5.41) is 6.39. The highest BCUT2D eigenvalue weighted by molar-refractivity contribution is 5.93. The molecule has 134 valence electrons. The summed E-state index contributed by atoms with van der Waals surface area (Å²) in [5.74, 6) is 1.69. The summed E-state index contributed by atoms with van der Waals surface area (Å²) >= 11 is 0. The topological polar surface area (TPSA) is 54.9 Å².